The molecule has 0 atom stereocenters. The van der Waals surface area contributed by atoms with E-state index in [1.54, 1.807) is 17.2 Å². The average Bonchev–Trinajstić information content (AvgIpc) is 2.89. The normalized spacial score (nSPS) is 15.9. The highest BCUT2D eigenvalue weighted by molar-refractivity contribution is 6.33. The summed E-state index contributed by atoms with van der Waals surface area (Å²) in [6.45, 7) is 0.340. The summed E-state index contributed by atoms with van der Waals surface area (Å²) in [5.41, 5.74) is 0.465. The molecule has 5 heteroatoms. The van der Waals surface area contributed by atoms with Crippen LogP contribution in [0.1, 0.15) is 36.0 Å². The lowest BCUT2D eigenvalue weighted by molar-refractivity contribution is 0.0638. The minimum atomic E-state index is -0.108. The molecule has 1 aliphatic rings. The van der Waals surface area contributed by atoms with Gasteiger partial charge in [0.05, 0.1) is 17.2 Å². The predicted molar refractivity (Wildman–Crippen MR) is 69.6 cm³/mol. The van der Waals surface area contributed by atoms with E-state index in [0.717, 1.165) is 25.7 Å². The van der Waals surface area contributed by atoms with Crippen molar-refractivity contribution in [1.29, 1.82) is 0 Å². The Balaban J connectivity index is 2.20. The van der Waals surface area contributed by atoms with Crippen LogP contribution < -0.4 is 0 Å². The van der Waals surface area contributed by atoms with Crippen molar-refractivity contribution in [2.45, 2.75) is 31.7 Å². The molecule has 1 aromatic heterocycles. The average molecular weight is 269 g/mol. The number of rotatable bonds is 4. The molecule has 1 saturated carbocycles. The van der Waals surface area contributed by atoms with Gasteiger partial charge in [0.15, 0.2) is 0 Å². The first-order valence-electron chi connectivity index (χ1n) is 6.25. The van der Waals surface area contributed by atoms with Crippen LogP contribution in [0.4, 0.5) is 0 Å². The molecule has 98 valence electrons. The molecule has 0 radical (unpaired) electrons. The highest BCUT2D eigenvalue weighted by Gasteiger charge is 2.27. The van der Waals surface area contributed by atoms with Crippen LogP contribution in [0.5, 0.6) is 0 Å². The number of pyridine rings is 1. The lowest BCUT2D eigenvalue weighted by atomic mass is 10.1. The quantitative estimate of drug-likeness (QED) is 0.910. The molecule has 0 bridgehead atoms. The van der Waals surface area contributed by atoms with Gasteiger partial charge in [-0.1, -0.05) is 24.4 Å². The van der Waals surface area contributed by atoms with Gasteiger partial charge in [0.25, 0.3) is 5.91 Å². The molecule has 0 aliphatic heterocycles. The molecule has 4 nitrogen and oxygen atoms in total. The van der Waals surface area contributed by atoms with Gasteiger partial charge in [-0.15, -0.1) is 0 Å². The first kappa shape index (κ1) is 13.3. The summed E-state index contributed by atoms with van der Waals surface area (Å²) in [5.74, 6) is -0.108. The fourth-order valence-corrected chi connectivity index (χ4v) is 2.68. The van der Waals surface area contributed by atoms with E-state index in [2.05, 4.69) is 4.98 Å². The van der Waals surface area contributed by atoms with Gasteiger partial charge in [-0.3, -0.25) is 9.78 Å². The van der Waals surface area contributed by atoms with E-state index in [1.165, 1.54) is 6.20 Å². The topological polar surface area (TPSA) is 53.4 Å². The maximum Gasteiger partial charge on any atom is 0.255 e. The zero-order chi connectivity index (χ0) is 13.0. The van der Waals surface area contributed by atoms with E-state index in [4.69, 9.17) is 16.7 Å². The van der Waals surface area contributed by atoms with E-state index in [-0.39, 0.29) is 18.6 Å². The number of aliphatic hydroxyl groups excluding tert-OH is 1. The number of nitrogens with zero attached hydrogens (tertiary/aromatic N) is 2. The van der Waals surface area contributed by atoms with Crippen molar-refractivity contribution in [1.82, 2.24) is 9.88 Å². The fraction of sp³-hybridized carbons (Fsp3) is 0.538. The Labute approximate surface area is 112 Å². The number of hydrogen-bond donors (Lipinski definition) is 1. The second-order valence-corrected chi connectivity index (χ2v) is 4.92. The second-order valence-electron chi connectivity index (χ2n) is 4.52. The first-order valence-corrected chi connectivity index (χ1v) is 6.63. The third-order valence-electron chi connectivity index (χ3n) is 3.37. The fourth-order valence-electron chi connectivity index (χ4n) is 2.48. The number of halogens is 1. The minimum Gasteiger partial charge on any atom is -0.395 e. The monoisotopic (exact) mass is 268 g/mol. The Morgan fingerprint density at radius 1 is 1.50 bits per heavy atom. The van der Waals surface area contributed by atoms with Gasteiger partial charge in [0.2, 0.25) is 0 Å². The van der Waals surface area contributed by atoms with Crippen molar-refractivity contribution in [3.05, 3.63) is 29.0 Å². The molecule has 0 aromatic carbocycles. The number of carbonyl (C=O) groups is 1. The molecule has 18 heavy (non-hydrogen) atoms. The van der Waals surface area contributed by atoms with E-state index in [0.29, 0.717) is 17.1 Å². The molecular weight excluding hydrogens is 252 g/mol. The molecule has 1 aliphatic carbocycles. The number of hydrogen-bond acceptors (Lipinski definition) is 3. The molecule has 1 heterocycles. The van der Waals surface area contributed by atoms with Crippen LogP contribution in [0.2, 0.25) is 5.02 Å². The predicted octanol–water partition coefficient (Wildman–Crippen LogP) is 2.11. The van der Waals surface area contributed by atoms with Gasteiger partial charge in [0, 0.05) is 25.0 Å². The van der Waals surface area contributed by atoms with Crippen LogP contribution in [0.25, 0.3) is 0 Å². The Kier molecular flexibility index (Phi) is 4.55. The molecule has 1 amide bonds. The third kappa shape index (κ3) is 2.82. The maximum absolute atomic E-state index is 12.4. The van der Waals surface area contributed by atoms with Crippen LogP contribution in [0.15, 0.2) is 18.5 Å². The highest BCUT2D eigenvalue weighted by atomic mass is 35.5. The smallest absolute Gasteiger partial charge is 0.255 e. The molecule has 1 N–H and O–H groups in total. The van der Waals surface area contributed by atoms with Crippen LogP contribution >= 0.6 is 11.6 Å². The highest BCUT2D eigenvalue weighted by Crippen LogP contribution is 2.26. The summed E-state index contributed by atoms with van der Waals surface area (Å²) in [7, 11) is 0. The van der Waals surface area contributed by atoms with Crippen molar-refractivity contribution in [2.24, 2.45) is 0 Å². The van der Waals surface area contributed by atoms with Crippen molar-refractivity contribution in [2.75, 3.05) is 13.2 Å². The second kappa shape index (κ2) is 6.16. The zero-order valence-electron chi connectivity index (χ0n) is 10.2. The number of amides is 1. The first-order chi connectivity index (χ1) is 8.74. The summed E-state index contributed by atoms with van der Waals surface area (Å²) >= 11 is 6.00. The lowest BCUT2D eigenvalue weighted by Crippen LogP contribution is -2.40. The van der Waals surface area contributed by atoms with E-state index >= 15 is 0 Å². The summed E-state index contributed by atoms with van der Waals surface area (Å²) in [5, 5.41) is 9.49. The summed E-state index contributed by atoms with van der Waals surface area (Å²) in [6.07, 6.45) is 7.34. The van der Waals surface area contributed by atoms with Crippen LogP contribution in [0.3, 0.4) is 0 Å². The van der Waals surface area contributed by atoms with Gasteiger partial charge in [0.1, 0.15) is 0 Å². The van der Waals surface area contributed by atoms with Crippen molar-refractivity contribution < 1.29 is 9.90 Å². The van der Waals surface area contributed by atoms with Crippen molar-refractivity contribution in [3.8, 4) is 0 Å². The summed E-state index contributed by atoms with van der Waals surface area (Å²) in [4.78, 5) is 18.1. The number of carbonyl (C=O) groups excluding carboxylic acids is 1. The van der Waals surface area contributed by atoms with Crippen LogP contribution in [0, 0.1) is 0 Å². The van der Waals surface area contributed by atoms with Crippen molar-refractivity contribution >= 4 is 17.5 Å². The minimum absolute atomic E-state index is 0.0229. The molecule has 0 saturated heterocycles. The summed E-state index contributed by atoms with van der Waals surface area (Å²) in [6, 6.07) is 1.86. The van der Waals surface area contributed by atoms with Crippen LogP contribution in [-0.4, -0.2) is 40.1 Å². The maximum atomic E-state index is 12.4. The van der Waals surface area contributed by atoms with E-state index < -0.39 is 0 Å². The molecule has 1 fully saturated rings. The molecule has 0 spiro atoms. The van der Waals surface area contributed by atoms with E-state index in [9.17, 15) is 4.79 Å². The van der Waals surface area contributed by atoms with Gasteiger partial charge < -0.3 is 10.0 Å². The molecule has 1 aromatic rings. The van der Waals surface area contributed by atoms with E-state index in [1.807, 2.05) is 0 Å². The standard InChI is InChI=1S/C13H17ClN2O2/c14-12-9-15-6-5-11(12)13(18)16(7-8-17)10-3-1-2-4-10/h5-6,9-10,17H,1-4,7-8H2. The number of aromatic nitrogens is 1. The Morgan fingerprint density at radius 2 is 2.22 bits per heavy atom. The van der Waals surface area contributed by atoms with Gasteiger partial charge in [-0.05, 0) is 18.9 Å². The SMILES string of the molecule is O=C(c1ccncc1Cl)N(CCO)C1CCCC1. The molecule has 0 unspecified atom stereocenters. The van der Waals surface area contributed by atoms with Gasteiger partial charge in [-0.25, -0.2) is 0 Å². The Morgan fingerprint density at radius 3 is 2.83 bits per heavy atom. The molecular formula is C13H17ClN2O2. The van der Waals surface area contributed by atoms with Gasteiger partial charge >= 0.3 is 0 Å². The van der Waals surface area contributed by atoms with Crippen molar-refractivity contribution in [3.63, 3.8) is 0 Å². The largest absolute Gasteiger partial charge is 0.395 e. The number of aliphatic hydroxyl groups is 1. The van der Waals surface area contributed by atoms with Gasteiger partial charge in [-0.2, -0.15) is 0 Å². The lowest BCUT2D eigenvalue weighted by Gasteiger charge is -2.28. The Hall–Kier alpha value is -1.13. The van der Waals surface area contributed by atoms with Crippen LogP contribution in [-0.2, 0) is 0 Å². The summed E-state index contributed by atoms with van der Waals surface area (Å²) < 4.78 is 0. The molecule has 2 rings (SSSR count). The Bertz CT molecular complexity index is 419. The third-order valence-corrected chi connectivity index (χ3v) is 3.67. The zero-order valence-corrected chi connectivity index (χ0v) is 10.9.